The lowest BCUT2D eigenvalue weighted by Crippen LogP contribution is -2.43. The average Bonchev–Trinajstić information content (AvgIpc) is 2.67. The van der Waals surface area contributed by atoms with Crippen LogP contribution in [-0.2, 0) is 10.3 Å². The molecule has 0 atom stereocenters. The topological polar surface area (TPSA) is 80.9 Å². The Balaban J connectivity index is 2.42. The molecular weight excluding hydrogens is 220 g/mol. The van der Waals surface area contributed by atoms with Gasteiger partial charge < -0.3 is 5.11 Å². The Bertz CT molecular complexity index is 407. The second kappa shape index (κ2) is 4.43. The van der Waals surface area contributed by atoms with Crippen LogP contribution in [0.2, 0.25) is 0 Å². The Labute approximate surface area is 100 Å². The van der Waals surface area contributed by atoms with Crippen LogP contribution in [-0.4, -0.2) is 31.3 Å². The lowest BCUT2D eigenvalue weighted by atomic mass is 9.83. The summed E-state index contributed by atoms with van der Waals surface area (Å²) < 4.78 is 1.54. The quantitative estimate of drug-likeness (QED) is 0.841. The minimum absolute atomic E-state index is 0.335. The van der Waals surface area contributed by atoms with Crippen LogP contribution in [0.3, 0.4) is 0 Å². The average molecular weight is 238 g/mol. The van der Waals surface area contributed by atoms with Gasteiger partial charge in [-0.25, -0.2) is 9.48 Å². The normalized spacial score (nSPS) is 16.8. The highest BCUT2D eigenvalue weighted by molar-refractivity contribution is 5.76. The molecule has 1 heterocycles. The van der Waals surface area contributed by atoms with E-state index < -0.39 is 11.5 Å². The summed E-state index contributed by atoms with van der Waals surface area (Å²) in [5, 5.41) is 21.1. The largest absolute Gasteiger partial charge is 0.479 e. The predicted molar refractivity (Wildman–Crippen MR) is 60.6 cm³/mol. The number of hydrogen-bond donors (Lipinski definition) is 1. The van der Waals surface area contributed by atoms with E-state index >= 15 is 0 Å². The summed E-state index contributed by atoms with van der Waals surface area (Å²) in [6.07, 6.45) is 4.27. The van der Waals surface area contributed by atoms with E-state index in [1.165, 1.54) is 6.42 Å². The van der Waals surface area contributed by atoms with Crippen molar-refractivity contribution in [3.05, 3.63) is 5.82 Å². The molecule has 2 rings (SSSR count). The van der Waals surface area contributed by atoms with Crippen molar-refractivity contribution in [3.8, 4) is 0 Å². The number of nitrogens with zero attached hydrogens (tertiary/aromatic N) is 4. The lowest BCUT2D eigenvalue weighted by Gasteiger charge is -2.31. The molecule has 0 spiro atoms. The fourth-order valence-corrected chi connectivity index (χ4v) is 2.36. The molecule has 1 fully saturated rings. The third-order valence-corrected chi connectivity index (χ3v) is 3.94. The molecule has 6 heteroatoms. The molecule has 0 aromatic carbocycles. The van der Waals surface area contributed by atoms with Gasteiger partial charge >= 0.3 is 5.97 Å². The summed E-state index contributed by atoms with van der Waals surface area (Å²) in [4.78, 5) is 11.5. The van der Waals surface area contributed by atoms with Gasteiger partial charge in [0.15, 0.2) is 11.4 Å². The first-order chi connectivity index (χ1) is 8.15. The van der Waals surface area contributed by atoms with Crippen molar-refractivity contribution in [2.45, 2.75) is 57.4 Å². The molecule has 0 aliphatic heterocycles. The van der Waals surface area contributed by atoms with Crippen LogP contribution in [0.1, 0.15) is 57.7 Å². The highest BCUT2D eigenvalue weighted by atomic mass is 16.4. The van der Waals surface area contributed by atoms with Crippen LogP contribution in [0.15, 0.2) is 0 Å². The van der Waals surface area contributed by atoms with Crippen LogP contribution < -0.4 is 0 Å². The van der Waals surface area contributed by atoms with Gasteiger partial charge in [0.05, 0.1) is 0 Å². The maximum Gasteiger partial charge on any atom is 0.331 e. The zero-order valence-electron chi connectivity index (χ0n) is 10.3. The van der Waals surface area contributed by atoms with Crippen molar-refractivity contribution < 1.29 is 9.90 Å². The van der Waals surface area contributed by atoms with E-state index in [4.69, 9.17) is 0 Å². The Morgan fingerprint density at radius 1 is 1.47 bits per heavy atom. The van der Waals surface area contributed by atoms with E-state index in [9.17, 15) is 9.90 Å². The molecule has 1 N–H and O–H groups in total. The van der Waals surface area contributed by atoms with Crippen LogP contribution in [0.5, 0.6) is 0 Å². The Morgan fingerprint density at radius 2 is 2.12 bits per heavy atom. The van der Waals surface area contributed by atoms with Crippen molar-refractivity contribution in [3.63, 3.8) is 0 Å². The summed E-state index contributed by atoms with van der Waals surface area (Å²) in [5.74, 6) is 0.222. The van der Waals surface area contributed by atoms with Crippen molar-refractivity contribution in [1.82, 2.24) is 20.2 Å². The fourth-order valence-electron chi connectivity index (χ4n) is 2.36. The molecule has 0 bridgehead atoms. The smallest absolute Gasteiger partial charge is 0.331 e. The lowest BCUT2D eigenvalue weighted by molar-refractivity contribution is -0.149. The number of tetrazole rings is 1. The van der Waals surface area contributed by atoms with E-state index in [0.717, 1.165) is 18.7 Å². The zero-order chi connectivity index (χ0) is 12.5. The van der Waals surface area contributed by atoms with Crippen LogP contribution in [0, 0.1) is 0 Å². The molecule has 0 saturated heterocycles. The van der Waals surface area contributed by atoms with Crippen LogP contribution in [0.4, 0.5) is 0 Å². The highest BCUT2D eigenvalue weighted by Gasteiger charge is 2.42. The predicted octanol–water partition coefficient (Wildman–Crippen LogP) is 1.54. The number of carbonyl (C=O) groups is 1. The van der Waals surface area contributed by atoms with Crippen LogP contribution >= 0.6 is 0 Å². The molecule has 17 heavy (non-hydrogen) atoms. The van der Waals surface area contributed by atoms with Crippen molar-refractivity contribution in [2.24, 2.45) is 0 Å². The summed E-state index contributed by atoms with van der Waals surface area (Å²) in [7, 11) is 0. The zero-order valence-corrected chi connectivity index (χ0v) is 10.3. The molecule has 6 nitrogen and oxygen atoms in total. The molecule has 1 aromatic heterocycles. The van der Waals surface area contributed by atoms with E-state index in [2.05, 4.69) is 15.5 Å². The second-order valence-corrected chi connectivity index (χ2v) is 4.62. The molecular formula is C11H18N4O2. The van der Waals surface area contributed by atoms with E-state index in [-0.39, 0.29) is 0 Å². The molecule has 94 valence electrons. The number of rotatable bonds is 5. The van der Waals surface area contributed by atoms with Gasteiger partial charge in [-0.15, -0.1) is 5.10 Å². The van der Waals surface area contributed by atoms with Crippen molar-refractivity contribution in [2.75, 3.05) is 0 Å². The van der Waals surface area contributed by atoms with Crippen molar-refractivity contribution >= 4 is 5.97 Å². The van der Waals surface area contributed by atoms with Gasteiger partial charge in [0.2, 0.25) is 0 Å². The monoisotopic (exact) mass is 238 g/mol. The molecule has 0 amide bonds. The fraction of sp³-hybridized carbons (Fsp3) is 0.818. The first-order valence-electron chi connectivity index (χ1n) is 6.18. The SMILES string of the molecule is CCC(CC)(C(=O)O)n1nnnc1C1CCC1. The maximum absolute atomic E-state index is 11.5. The standard InChI is InChI=1S/C11H18N4O2/c1-3-11(4-2,10(16)17)15-9(12-13-14-15)8-6-5-7-8/h8H,3-7H2,1-2H3,(H,16,17). The Morgan fingerprint density at radius 3 is 2.53 bits per heavy atom. The molecule has 1 aliphatic rings. The van der Waals surface area contributed by atoms with Gasteiger partial charge in [-0.3, -0.25) is 0 Å². The molecule has 0 unspecified atom stereocenters. The Kier molecular flexibility index (Phi) is 3.13. The Hall–Kier alpha value is -1.46. The van der Waals surface area contributed by atoms with Gasteiger partial charge in [-0.1, -0.05) is 20.3 Å². The molecule has 1 aliphatic carbocycles. The van der Waals surface area contributed by atoms with Crippen LogP contribution in [0.25, 0.3) is 0 Å². The second-order valence-electron chi connectivity index (χ2n) is 4.62. The number of carboxylic acid groups (broad SMARTS) is 1. The third kappa shape index (κ3) is 1.71. The minimum atomic E-state index is -0.992. The maximum atomic E-state index is 11.5. The number of aromatic nitrogens is 4. The highest BCUT2D eigenvalue weighted by Crippen LogP contribution is 2.37. The number of hydrogen-bond acceptors (Lipinski definition) is 4. The first kappa shape index (κ1) is 12.0. The van der Waals surface area contributed by atoms with Gasteiger partial charge in [-0.05, 0) is 36.1 Å². The third-order valence-electron chi connectivity index (χ3n) is 3.94. The van der Waals surface area contributed by atoms with Gasteiger partial charge in [0.1, 0.15) is 0 Å². The van der Waals surface area contributed by atoms with Gasteiger partial charge in [0.25, 0.3) is 0 Å². The van der Waals surface area contributed by atoms with Gasteiger partial charge in [0, 0.05) is 5.92 Å². The van der Waals surface area contributed by atoms with Crippen molar-refractivity contribution in [1.29, 1.82) is 0 Å². The van der Waals surface area contributed by atoms with E-state index in [1.54, 1.807) is 4.68 Å². The summed E-state index contributed by atoms with van der Waals surface area (Å²) in [5.41, 5.74) is -0.992. The number of carboxylic acids is 1. The van der Waals surface area contributed by atoms with E-state index in [0.29, 0.717) is 18.8 Å². The minimum Gasteiger partial charge on any atom is -0.479 e. The summed E-state index contributed by atoms with van der Waals surface area (Å²) >= 11 is 0. The molecule has 0 radical (unpaired) electrons. The van der Waals surface area contributed by atoms with Gasteiger partial charge in [-0.2, -0.15) is 0 Å². The summed E-state index contributed by atoms with van der Waals surface area (Å²) in [6.45, 7) is 3.73. The number of aliphatic carboxylic acids is 1. The first-order valence-corrected chi connectivity index (χ1v) is 6.18. The molecule has 1 aromatic rings. The summed E-state index contributed by atoms with van der Waals surface area (Å²) in [6, 6.07) is 0. The van der Waals surface area contributed by atoms with E-state index in [1.807, 2.05) is 13.8 Å². The molecule has 1 saturated carbocycles.